The standard InChI is InChI=1S/C15H20N2S2/c1-11-5-6-13(19-14-16-7-8-18-14)12(9-11)10-17-15(2,3)4/h5-9,17H,10H2,1-4H3. The Morgan fingerprint density at radius 2 is 2.11 bits per heavy atom. The van der Waals surface area contributed by atoms with Crippen molar-refractivity contribution in [3.63, 3.8) is 0 Å². The zero-order valence-electron chi connectivity index (χ0n) is 11.9. The molecule has 0 saturated carbocycles. The van der Waals surface area contributed by atoms with Gasteiger partial charge in [0.25, 0.3) is 0 Å². The van der Waals surface area contributed by atoms with Crippen LogP contribution in [0.3, 0.4) is 0 Å². The van der Waals surface area contributed by atoms with E-state index in [1.165, 1.54) is 16.0 Å². The Hall–Kier alpha value is -0.840. The summed E-state index contributed by atoms with van der Waals surface area (Å²) >= 11 is 3.43. The smallest absolute Gasteiger partial charge is 0.154 e. The van der Waals surface area contributed by atoms with Gasteiger partial charge in [0, 0.05) is 28.6 Å². The maximum atomic E-state index is 4.35. The van der Waals surface area contributed by atoms with E-state index in [0.717, 1.165) is 10.9 Å². The van der Waals surface area contributed by atoms with Crippen molar-refractivity contribution in [2.75, 3.05) is 0 Å². The van der Waals surface area contributed by atoms with Gasteiger partial charge in [-0.1, -0.05) is 29.5 Å². The first-order valence-corrected chi connectivity index (χ1v) is 8.05. The van der Waals surface area contributed by atoms with E-state index in [1.54, 1.807) is 23.1 Å². The Bertz CT molecular complexity index is 528. The summed E-state index contributed by atoms with van der Waals surface area (Å²) in [6.45, 7) is 9.60. The Morgan fingerprint density at radius 1 is 1.32 bits per heavy atom. The molecule has 19 heavy (non-hydrogen) atoms. The molecule has 0 fully saturated rings. The van der Waals surface area contributed by atoms with Gasteiger partial charge < -0.3 is 5.32 Å². The van der Waals surface area contributed by atoms with Gasteiger partial charge in [-0.2, -0.15) is 0 Å². The number of nitrogens with one attached hydrogen (secondary N) is 1. The van der Waals surface area contributed by atoms with Gasteiger partial charge in [0.15, 0.2) is 4.34 Å². The first-order chi connectivity index (χ1) is 8.94. The van der Waals surface area contributed by atoms with E-state index in [4.69, 9.17) is 0 Å². The molecule has 0 spiro atoms. The van der Waals surface area contributed by atoms with Crippen molar-refractivity contribution in [1.29, 1.82) is 0 Å². The minimum Gasteiger partial charge on any atom is -0.308 e. The predicted molar refractivity (Wildman–Crippen MR) is 84.0 cm³/mol. The van der Waals surface area contributed by atoms with Gasteiger partial charge in [0.1, 0.15) is 0 Å². The van der Waals surface area contributed by atoms with Crippen LogP contribution in [0.25, 0.3) is 0 Å². The Morgan fingerprint density at radius 3 is 2.74 bits per heavy atom. The summed E-state index contributed by atoms with van der Waals surface area (Å²) in [7, 11) is 0. The monoisotopic (exact) mass is 292 g/mol. The highest BCUT2D eigenvalue weighted by molar-refractivity contribution is 8.01. The van der Waals surface area contributed by atoms with Gasteiger partial charge in [-0.05, 0) is 39.3 Å². The third kappa shape index (κ3) is 4.64. The highest BCUT2D eigenvalue weighted by atomic mass is 32.2. The van der Waals surface area contributed by atoms with Gasteiger partial charge in [-0.15, -0.1) is 11.3 Å². The molecule has 0 bridgehead atoms. The highest BCUT2D eigenvalue weighted by Gasteiger charge is 2.11. The molecule has 0 amide bonds. The molecule has 0 aliphatic rings. The fraction of sp³-hybridized carbons (Fsp3) is 0.400. The number of aryl methyl sites for hydroxylation is 1. The van der Waals surface area contributed by atoms with E-state index in [1.807, 2.05) is 11.6 Å². The predicted octanol–water partition coefficient (Wildman–Crippen LogP) is 4.49. The molecule has 2 aromatic rings. The fourth-order valence-electron chi connectivity index (χ4n) is 1.66. The third-order valence-corrected chi connectivity index (χ3v) is 4.63. The van der Waals surface area contributed by atoms with E-state index in [-0.39, 0.29) is 5.54 Å². The first-order valence-electron chi connectivity index (χ1n) is 6.36. The molecule has 0 aliphatic heterocycles. The van der Waals surface area contributed by atoms with Gasteiger partial charge in [-0.25, -0.2) is 4.98 Å². The zero-order chi connectivity index (χ0) is 13.9. The number of benzene rings is 1. The molecule has 0 unspecified atom stereocenters. The maximum absolute atomic E-state index is 4.35. The number of nitrogens with zero attached hydrogens (tertiary/aromatic N) is 1. The van der Waals surface area contributed by atoms with Crippen LogP contribution >= 0.6 is 23.1 Å². The molecular formula is C15H20N2S2. The SMILES string of the molecule is Cc1ccc(Sc2nccs2)c(CNC(C)(C)C)c1. The van der Waals surface area contributed by atoms with Crippen LogP contribution in [0.4, 0.5) is 0 Å². The molecule has 0 atom stereocenters. The van der Waals surface area contributed by atoms with Gasteiger partial charge in [0.2, 0.25) is 0 Å². The zero-order valence-corrected chi connectivity index (χ0v) is 13.5. The van der Waals surface area contributed by atoms with Crippen molar-refractivity contribution in [2.45, 2.75) is 49.0 Å². The summed E-state index contributed by atoms with van der Waals surface area (Å²) in [4.78, 5) is 5.63. The lowest BCUT2D eigenvalue weighted by Crippen LogP contribution is -2.35. The first kappa shape index (κ1) is 14.6. The largest absolute Gasteiger partial charge is 0.308 e. The normalized spacial score (nSPS) is 11.8. The van der Waals surface area contributed by atoms with E-state index in [0.29, 0.717) is 0 Å². The average Bonchev–Trinajstić information content (AvgIpc) is 2.81. The van der Waals surface area contributed by atoms with Crippen LogP contribution in [0.1, 0.15) is 31.9 Å². The molecule has 0 saturated heterocycles. The van der Waals surface area contributed by atoms with Crippen LogP contribution in [0.15, 0.2) is 39.0 Å². The summed E-state index contributed by atoms with van der Waals surface area (Å²) in [5.74, 6) is 0. The Kier molecular flexibility index (Phi) is 4.66. The number of rotatable bonds is 4. The molecule has 0 radical (unpaired) electrons. The second-order valence-electron chi connectivity index (χ2n) is 5.61. The van der Waals surface area contributed by atoms with Crippen molar-refractivity contribution in [1.82, 2.24) is 10.3 Å². The number of aromatic nitrogens is 1. The molecule has 4 heteroatoms. The second-order valence-corrected chi connectivity index (χ2v) is 7.80. The highest BCUT2D eigenvalue weighted by Crippen LogP contribution is 2.32. The molecule has 102 valence electrons. The van der Waals surface area contributed by atoms with Crippen molar-refractivity contribution in [3.8, 4) is 0 Å². The summed E-state index contributed by atoms with van der Waals surface area (Å²) in [6.07, 6.45) is 1.86. The minimum atomic E-state index is 0.132. The molecule has 0 aliphatic carbocycles. The van der Waals surface area contributed by atoms with Crippen LogP contribution in [-0.2, 0) is 6.54 Å². The van der Waals surface area contributed by atoms with E-state index >= 15 is 0 Å². The van der Waals surface area contributed by atoms with Crippen LogP contribution in [0.5, 0.6) is 0 Å². The molecule has 1 aromatic heterocycles. The van der Waals surface area contributed by atoms with Crippen molar-refractivity contribution >= 4 is 23.1 Å². The third-order valence-electron chi connectivity index (χ3n) is 2.63. The van der Waals surface area contributed by atoms with Crippen molar-refractivity contribution < 1.29 is 0 Å². The number of hydrogen-bond donors (Lipinski definition) is 1. The molecule has 1 heterocycles. The summed E-state index contributed by atoms with van der Waals surface area (Å²) in [5.41, 5.74) is 2.77. The van der Waals surface area contributed by atoms with Crippen LogP contribution < -0.4 is 5.32 Å². The second kappa shape index (κ2) is 6.07. The number of thiazole rings is 1. The summed E-state index contributed by atoms with van der Waals surface area (Å²) < 4.78 is 1.10. The van der Waals surface area contributed by atoms with E-state index < -0.39 is 0 Å². The lowest BCUT2D eigenvalue weighted by molar-refractivity contribution is 0.422. The average molecular weight is 292 g/mol. The van der Waals surface area contributed by atoms with Gasteiger partial charge in [-0.3, -0.25) is 0 Å². The van der Waals surface area contributed by atoms with Crippen LogP contribution in [-0.4, -0.2) is 10.5 Å². The van der Waals surface area contributed by atoms with Gasteiger partial charge >= 0.3 is 0 Å². The summed E-state index contributed by atoms with van der Waals surface area (Å²) in [5, 5.41) is 5.57. The Balaban J connectivity index is 2.18. The van der Waals surface area contributed by atoms with Crippen LogP contribution in [0, 0.1) is 6.92 Å². The summed E-state index contributed by atoms with van der Waals surface area (Å²) in [6, 6.07) is 6.62. The fourth-order valence-corrected chi connectivity index (χ4v) is 3.35. The molecule has 1 N–H and O–H groups in total. The van der Waals surface area contributed by atoms with Crippen LogP contribution in [0.2, 0.25) is 0 Å². The molecular weight excluding hydrogens is 272 g/mol. The minimum absolute atomic E-state index is 0.132. The van der Waals surface area contributed by atoms with E-state index in [2.05, 4.69) is 56.2 Å². The lowest BCUT2D eigenvalue weighted by Gasteiger charge is -2.21. The number of hydrogen-bond acceptors (Lipinski definition) is 4. The topological polar surface area (TPSA) is 24.9 Å². The molecule has 2 rings (SSSR count). The van der Waals surface area contributed by atoms with Crippen molar-refractivity contribution in [2.24, 2.45) is 0 Å². The quantitative estimate of drug-likeness (QED) is 0.898. The molecule has 2 nitrogen and oxygen atoms in total. The Labute approximate surface area is 123 Å². The maximum Gasteiger partial charge on any atom is 0.154 e. The van der Waals surface area contributed by atoms with Crippen molar-refractivity contribution in [3.05, 3.63) is 40.9 Å². The lowest BCUT2D eigenvalue weighted by atomic mass is 10.1. The molecule has 1 aromatic carbocycles. The van der Waals surface area contributed by atoms with Gasteiger partial charge in [0.05, 0.1) is 0 Å². The van der Waals surface area contributed by atoms with E-state index in [9.17, 15) is 0 Å².